The van der Waals surface area contributed by atoms with E-state index in [0.717, 1.165) is 16.8 Å². The maximum absolute atomic E-state index is 12.1. The number of esters is 1. The molecule has 0 saturated carbocycles. The van der Waals surface area contributed by atoms with Gasteiger partial charge in [0.05, 0.1) is 12.1 Å². The lowest BCUT2D eigenvalue weighted by Gasteiger charge is -2.08. The minimum Gasteiger partial charge on any atom is -0.482 e. The number of rotatable bonds is 8. The van der Waals surface area contributed by atoms with Crippen LogP contribution in [0, 0.1) is 13.8 Å². The zero-order valence-corrected chi connectivity index (χ0v) is 17.1. The molecule has 0 saturated heterocycles. The second-order valence-corrected chi connectivity index (χ2v) is 7.48. The Bertz CT molecular complexity index is 982. The van der Waals surface area contributed by atoms with Crippen molar-refractivity contribution in [2.24, 2.45) is 0 Å². The third-order valence-corrected chi connectivity index (χ3v) is 4.96. The van der Waals surface area contributed by atoms with Gasteiger partial charge in [0.25, 0.3) is 0 Å². The standard InChI is InChI=1S/C22H22N2O4S/c1-15-7-9-17(10-8-15)23-20(25)11-21-24-18(14-29-21)12-28-22(26)13-27-19-6-4-3-5-16(19)2/h3-10,14H,11-13H2,1-2H3,(H,23,25). The molecule has 0 aliphatic heterocycles. The molecule has 1 aromatic heterocycles. The number of para-hydroxylation sites is 1. The molecule has 7 heteroatoms. The molecule has 2 aromatic carbocycles. The van der Waals surface area contributed by atoms with Crippen molar-refractivity contribution in [1.29, 1.82) is 0 Å². The largest absolute Gasteiger partial charge is 0.482 e. The van der Waals surface area contributed by atoms with E-state index in [1.165, 1.54) is 11.3 Å². The van der Waals surface area contributed by atoms with E-state index in [9.17, 15) is 9.59 Å². The number of hydrogen-bond acceptors (Lipinski definition) is 6. The van der Waals surface area contributed by atoms with Gasteiger partial charge in [0.15, 0.2) is 6.61 Å². The van der Waals surface area contributed by atoms with E-state index in [1.54, 1.807) is 11.4 Å². The van der Waals surface area contributed by atoms with Crippen molar-refractivity contribution in [2.45, 2.75) is 26.9 Å². The van der Waals surface area contributed by atoms with Crippen LogP contribution in [-0.4, -0.2) is 23.5 Å². The first-order valence-corrected chi connectivity index (χ1v) is 10.0. The Morgan fingerprint density at radius 2 is 1.83 bits per heavy atom. The summed E-state index contributed by atoms with van der Waals surface area (Å²) in [5.41, 5.74) is 3.44. The maximum Gasteiger partial charge on any atom is 0.344 e. The van der Waals surface area contributed by atoms with Gasteiger partial charge in [0, 0.05) is 11.1 Å². The molecule has 0 aliphatic carbocycles. The number of benzene rings is 2. The second-order valence-electron chi connectivity index (χ2n) is 6.54. The molecule has 0 bridgehead atoms. The number of nitrogens with one attached hydrogen (secondary N) is 1. The first-order valence-electron chi connectivity index (χ1n) is 9.13. The van der Waals surface area contributed by atoms with Gasteiger partial charge in [-0.3, -0.25) is 4.79 Å². The summed E-state index contributed by atoms with van der Waals surface area (Å²) in [7, 11) is 0. The quantitative estimate of drug-likeness (QED) is 0.567. The van der Waals surface area contributed by atoms with Gasteiger partial charge in [-0.05, 0) is 37.6 Å². The molecule has 0 unspecified atom stereocenters. The van der Waals surface area contributed by atoms with E-state index in [4.69, 9.17) is 9.47 Å². The van der Waals surface area contributed by atoms with E-state index in [-0.39, 0.29) is 25.5 Å². The molecule has 3 aromatic rings. The summed E-state index contributed by atoms with van der Waals surface area (Å²) in [6, 6.07) is 15.1. The Kier molecular flexibility index (Phi) is 6.97. The van der Waals surface area contributed by atoms with E-state index in [1.807, 2.05) is 56.3 Å². The highest BCUT2D eigenvalue weighted by Crippen LogP contribution is 2.16. The monoisotopic (exact) mass is 410 g/mol. The van der Waals surface area contributed by atoms with Crippen LogP contribution in [0.25, 0.3) is 0 Å². The molecule has 150 valence electrons. The number of aromatic nitrogens is 1. The van der Waals surface area contributed by atoms with Gasteiger partial charge in [-0.2, -0.15) is 0 Å². The molecular formula is C22H22N2O4S. The van der Waals surface area contributed by atoms with Gasteiger partial charge in [-0.25, -0.2) is 9.78 Å². The lowest BCUT2D eigenvalue weighted by molar-refractivity contribution is -0.147. The smallest absolute Gasteiger partial charge is 0.344 e. The van der Waals surface area contributed by atoms with Crippen molar-refractivity contribution in [3.05, 3.63) is 75.7 Å². The van der Waals surface area contributed by atoms with E-state index in [2.05, 4.69) is 10.3 Å². The van der Waals surface area contributed by atoms with Crippen molar-refractivity contribution >= 4 is 28.9 Å². The average molecular weight is 410 g/mol. The van der Waals surface area contributed by atoms with Crippen molar-refractivity contribution in [2.75, 3.05) is 11.9 Å². The summed E-state index contributed by atoms with van der Waals surface area (Å²) in [6.45, 7) is 3.78. The van der Waals surface area contributed by atoms with Gasteiger partial charge in [-0.1, -0.05) is 35.9 Å². The molecule has 0 fully saturated rings. The first kappa shape index (κ1) is 20.5. The van der Waals surface area contributed by atoms with Crippen LogP contribution in [0.15, 0.2) is 53.9 Å². The Balaban J connectivity index is 1.42. The predicted octanol–water partition coefficient (Wildman–Crippen LogP) is 4.06. The van der Waals surface area contributed by atoms with Crippen molar-refractivity contribution in [3.63, 3.8) is 0 Å². The third kappa shape index (κ3) is 6.43. The van der Waals surface area contributed by atoms with Crippen LogP contribution in [0.4, 0.5) is 5.69 Å². The first-order chi connectivity index (χ1) is 14.0. The van der Waals surface area contributed by atoms with Crippen LogP contribution in [0.3, 0.4) is 0 Å². The zero-order chi connectivity index (χ0) is 20.6. The van der Waals surface area contributed by atoms with Gasteiger partial charge in [-0.15, -0.1) is 11.3 Å². The topological polar surface area (TPSA) is 77.5 Å². The Labute approximate surface area is 173 Å². The fourth-order valence-electron chi connectivity index (χ4n) is 2.53. The number of carbonyl (C=O) groups is 2. The lowest BCUT2D eigenvalue weighted by Crippen LogP contribution is -2.15. The summed E-state index contributed by atoms with van der Waals surface area (Å²) in [4.78, 5) is 28.4. The summed E-state index contributed by atoms with van der Waals surface area (Å²) < 4.78 is 10.7. The zero-order valence-electron chi connectivity index (χ0n) is 16.3. The molecule has 1 N–H and O–H groups in total. The van der Waals surface area contributed by atoms with Crippen molar-refractivity contribution in [1.82, 2.24) is 4.98 Å². The van der Waals surface area contributed by atoms with E-state index in [0.29, 0.717) is 16.5 Å². The second kappa shape index (κ2) is 9.84. The van der Waals surface area contributed by atoms with Gasteiger partial charge in [0.1, 0.15) is 17.4 Å². The van der Waals surface area contributed by atoms with Crippen LogP contribution in [0.5, 0.6) is 5.75 Å². The molecule has 1 heterocycles. The third-order valence-electron chi connectivity index (χ3n) is 4.07. The Hall–Kier alpha value is -3.19. The molecule has 1 amide bonds. The number of aryl methyl sites for hydroxylation is 2. The molecule has 0 spiro atoms. The van der Waals surface area contributed by atoms with E-state index < -0.39 is 5.97 Å². The highest BCUT2D eigenvalue weighted by molar-refractivity contribution is 7.09. The van der Waals surface area contributed by atoms with Crippen molar-refractivity contribution in [3.8, 4) is 5.75 Å². The minimum atomic E-state index is -0.472. The SMILES string of the molecule is Cc1ccc(NC(=O)Cc2nc(COC(=O)COc3ccccc3C)cs2)cc1. The number of carbonyl (C=O) groups excluding carboxylic acids is 2. The number of ether oxygens (including phenoxy) is 2. The molecule has 0 aliphatic rings. The number of amides is 1. The van der Waals surface area contributed by atoms with Gasteiger partial charge < -0.3 is 14.8 Å². The highest BCUT2D eigenvalue weighted by Gasteiger charge is 2.11. The number of nitrogens with zero attached hydrogens (tertiary/aromatic N) is 1. The number of anilines is 1. The maximum atomic E-state index is 12.1. The Morgan fingerprint density at radius 1 is 1.07 bits per heavy atom. The van der Waals surface area contributed by atoms with Crippen LogP contribution < -0.4 is 10.1 Å². The molecule has 29 heavy (non-hydrogen) atoms. The van der Waals surface area contributed by atoms with E-state index >= 15 is 0 Å². The number of hydrogen-bond donors (Lipinski definition) is 1. The molecule has 0 atom stereocenters. The predicted molar refractivity (Wildman–Crippen MR) is 112 cm³/mol. The summed E-state index contributed by atoms with van der Waals surface area (Å²) in [5, 5.41) is 5.29. The highest BCUT2D eigenvalue weighted by atomic mass is 32.1. The summed E-state index contributed by atoms with van der Waals surface area (Å²) in [6.07, 6.45) is 0.170. The number of thiazole rings is 1. The summed E-state index contributed by atoms with van der Waals surface area (Å²) in [5.74, 6) is 0.0401. The normalized spacial score (nSPS) is 10.4. The Morgan fingerprint density at radius 3 is 2.59 bits per heavy atom. The van der Waals surface area contributed by atoms with Gasteiger partial charge >= 0.3 is 5.97 Å². The fourth-order valence-corrected chi connectivity index (χ4v) is 3.30. The van der Waals surface area contributed by atoms with Gasteiger partial charge in [0.2, 0.25) is 5.91 Å². The molecule has 0 radical (unpaired) electrons. The van der Waals surface area contributed by atoms with Crippen LogP contribution >= 0.6 is 11.3 Å². The minimum absolute atomic E-state index is 0.0477. The average Bonchev–Trinajstić information content (AvgIpc) is 3.14. The van der Waals surface area contributed by atoms with Crippen LogP contribution in [0.1, 0.15) is 21.8 Å². The lowest BCUT2D eigenvalue weighted by atomic mass is 10.2. The van der Waals surface area contributed by atoms with Crippen LogP contribution in [0.2, 0.25) is 0 Å². The molecule has 3 rings (SSSR count). The fraction of sp³-hybridized carbons (Fsp3) is 0.227. The molecule has 6 nitrogen and oxygen atoms in total. The summed E-state index contributed by atoms with van der Waals surface area (Å²) >= 11 is 1.36. The van der Waals surface area contributed by atoms with Crippen LogP contribution in [-0.2, 0) is 27.4 Å². The molecular weight excluding hydrogens is 388 g/mol. The van der Waals surface area contributed by atoms with Crippen molar-refractivity contribution < 1.29 is 19.1 Å².